The number of carbonyl (C=O) groups is 1. The fourth-order valence-electron chi connectivity index (χ4n) is 4.00. The lowest BCUT2D eigenvalue weighted by molar-refractivity contribution is 0.0915. The standard InChI is InChI=1S/C19H22N2O/c22-19(16-9-8-14-5-1-2-6-15(14)13-16)20-17-10-12-21-11-4-3-7-18(17)21/h1-2,5-6,8-9,13,17-18H,3-4,7,10-12H2,(H,20,22)/t17-,18-/m0/s1. The Morgan fingerprint density at radius 1 is 1.00 bits per heavy atom. The zero-order chi connectivity index (χ0) is 14.9. The molecular weight excluding hydrogens is 272 g/mol. The largest absolute Gasteiger partial charge is 0.348 e. The molecule has 22 heavy (non-hydrogen) atoms. The molecule has 0 radical (unpaired) electrons. The van der Waals surface area contributed by atoms with Crippen molar-refractivity contribution in [2.45, 2.75) is 37.8 Å². The number of nitrogens with one attached hydrogen (secondary N) is 1. The number of fused-ring (bicyclic) bond motifs is 2. The third-order valence-electron chi connectivity index (χ3n) is 5.18. The minimum absolute atomic E-state index is 0.0724. The van der Waals surface area contributed by atoms with Crippen LogP contribution in [0, 0.1) is 0 Å². The molecule has 2 aromatic rings. The van der Waals surface area contributed by atoms with E-state index < -0.39 is 0 Å². The Hall–Kier alpha value is -1.87. The summed E-state index contributed by atoms with van der Waals surface area (Å²) in [5, 5.41) is 5.58. The molecule has 2 aromatic carbocycles. The van der Waals surface area contributed by atoms with E-state index in [1.807, 2.05) is 30.3 Å². The lowest BCUT2D eigenvalue weighted by Crippen LogP contribution is -2.46. The summed E-state index contributed by atoms with van der Waals surface area (Å²) in [7, 11) is 0. The Balaban J connectivity index is 1.51. The Bertz CT molecular complexity index is 697. The van der Waals surface area contributed by atoms with Crippen LogP contribution in [0.25, 0.3) is 10.8 Å². The van der Waals surface area contributed by atoms with Crippen LogP contribution in [0.2, 0.25) is 0 Å². The molecule has 0 aliphatic carbocycles. The maximum absolute atomic E-state index is 12.6. The summed E-state index contributed by atoms with van der Waals surface area (Å²) in [6.07, 6.45) is 4.91. The van der Waals surface area contributed by atoms with Crippen molar-refractivity contribution in [3.63, 3.8) is 0 Å². The maximum Gasteiger partial charge on any atom is 0.251 e. The molecule has 0 saturated carbocycles. The quantitative estimate of drug-likeness (QED) is 0.922. The first-order chi connectivity index (χ1) is 10.8. The van der Waals surface area contributed by atoms with Crippen LogP contribution in [0.15, 0.2) is 42.5 Å². The van der Waals surface area contributed by atoms with Gasteiger partial charge in [-0.1, -0.05) is 36.8 Å². The number of carbonyl (C=O) groups excluding carboxylic acids is 1. The van der Waals surface area contributed by atoms with Crippen LogP contribution in [-0.2, 0) is 0 Å². The fraction of sp³-hybridized carbons (Fsp3) is 0.421. The highest BCUT2D eigenvalue weighted by molar-refractivity contribution is 5.98. The van der Waals surface area contributed by atoms with E-state index in [2.05, 4.69) is 22.3 Å². The number of amides is 1. The first-order valence-corrected chi connectivity index (χ1v) is 8.35. The molecule has 2 aliphatic heterocycles. The summed E-state index contributed by atoms with van der Waals surface area (Å²) in [5.74, 6) is 0.0724. The van der Waals surface area contributed by atoms with Crippen LogP contribution < -0.4 is 5.32 Å². The molecule has 2 fully saturated rings. The minimum Gasteiger partial charge on any atom is -0.348 e. The van der Waals surface area contributed by atoms with Crippen LogP contribution in [0.3, 0.4) is 0 Å². The van der Waals surface area contributed by atoms with Gasteiger partial charge in [0.1, 0.15) is 0 Å². The van der Waals surface area contributed by atoms with Crippen LogP contribution >= 0.6 is 0 Å². The summed E-state index contributed by atoms with van der Waals surface area (Å²) < 4.78 is 0. The first kappa shape index (κ1) is 13.8. The fourth-order valence-corrected chi connectivity index (χ4v) is 4.00. The second-order valence-corrected chi connectivity index (χ2v) is 6.53. The Labute approximate surface area is 131 Å². The van der Waals surface area contributed by atoms with Crippen molar-refractivity contribution < 1.29 is 4.79 Å². The monoisotopic (exact) mass is 294 g/mol. The van der Waals surface area contributed by atoms with E-state index in [4.69, 9.17) is 0 Å². The molecule has 1 amide bonds. The lowest BCUT2D eigenvalue weighted by Gasteiger charge is -2.32. The Kier molecular flexibility index (Phi) is 3.59. The number of nitrogens with zero attached hydrogens (tertiary/aromatic N) is 1. The molecule has 0 bridgehead atoms. The number of benzene rings is 2. The van der Waals surface area contributed by atoms with Gasteiger partial charge in [-0.2, -0.15) is 0 Å². The highest BCUT2D eigenvalue weighted by Gasteiger charge is 2.36. The van der Waals surface area contributed by atoms with Crippen LogP contribution in [-0.4, -0.2) is 36.0 Å². The van der Waals surface area contributed by atoms with Crippen LogP contribution in [0.5, 0.6) is 0 Å². The van der Waals surface area contributed by atoms with Gasteiger partial charge in [0.15, 0.2) is 0 Å². The third kappa shape index (κ3) is 2.50. The van der Waals surface area contributed by atoms with Gasteiger partial charge >= 0.3 is 0 Å². The van der Waals surface area contributed by atoms with Crippen molar-refractivity contribution >= 4 is 16.7 Å². The van der Waals surface area contributed by atoms with E-state index in [9.17, 15) is 4.79 Å². The van der Waals surface area contributed by atoms with E-state index >= 15 is 0 Å². The van der Waals surface area contributed by atoms with Gasteiger partial charge in [-0.25, -0.2) is 0 Å². The average Bonchev–Trinajstić information content (AvgIpc) is 2.97. The Morgan fingerprint density at radius 3 is 2.77 bits per heavy atom. The highest BCUT2D eigenvalue weighted by atomic mass is 16.1. The summed E-state index contributed by atoms with van der Waals surface area (Å²) in [6.45, 7) is 2.33. The lowest BCUT2D eigenvalue weighted by atomic mass is 9.98. The number of piperidine rings is 1. The topological polar surface area (TPSA) is 32.3 Å². The molecule has 2 heterocycles. The van der Waals surface area contributed by atoms with Crippen molar-refractivity contribution in [3.05, 3.63) is 48.0 Å². The van der Waals surface area contributed by atoms with Gasteiger partial charge in [0, 0.05) is 24.2 Å². The Morgan fingerprint density at radius 2 is 1.86 bits per heavy atom. The van der Waals surface area contributed by atoms with Gasteiger partial charge in [-0.3, -0.25) is 9.69 Å². The smallest absolute Gasteiger partial charge is 0.251 e. The number of hydrogen-bond donors (Lipinski definition) is 1. The van der Waals surface area contributed by atoms with Gasteiger partial charge in [0.25, 0.3) is 5.91 Å². The highest BCUT2D eigenvalue weighted by Crippen LogP contribution is 2.27. The molecule has 3 heteroatoms. The van der Waals surface area contributed by atoms with Gasteiger partial charge in [0.05, 0.1) is 0 Å². The first-order valence-electron chi connectivity index (χ1n) is 8.35. The van der Waals surface area contributed by atoms with Gasteiger partial charge < -0.3 is 5.32 Å². The van der Waals surface area contributed by atoms with E-state index in [0.717, 1.165) is 23.9 Å². The average molecular weight is 294 g/mol. The molecule has 0 spiro atoms. The van der Waals surface area contributed by atoms with E-state index in [1.54, 1.807) is 0 Å². The van der Waals surface area contributed by atoms with E-state index in [-0.39, 0.29) is 5.91 Å². The zero-order valence-electron chi connectivity index (χ0n) is 12.8. The molecule has 0 aromatic heterocycles. The normalized spacial score (nSPS) is 25.1. The summed E-state index contributed by atoms with van der Waals surface area (Å²) in [4.78, 5) is 15.1. The molecule has 2 aliphatic rings. The van der Waals surface area contributed by atoms with Crippen LogP contribution in [0.4, 0.5) is 0 Å². The van der Waals surface area contributed by atoms with Crippen molar-refractivity contribution in [3.8, 4) is 0 Å². The second kappa shape index (κ2) is 5.73. The zero-order valence-corrected chi connectivity index (χ0v) is 12.8. The van der Waals surface area contributed by atoms with Crippen molar-refractivity contribution in [1.29, 1.82) is 0 Å². The molecule has 2 saturated heterocycles. The molecule has 3 nitrogen and oxygen atoms in total. The number of rotatable bonds is 2. The van der Waals surface area contributed by atoms with Crippen molar-refractivity contribution in [2.24, 2.45) is 0 Å². The van der Waals surface area contributed by atoms with Crippen molar-refractivity contribution in [1.82, 2.24) is 10.2 Å². The molecule has 1 N–H and O–H groups in total. The molecular formula is C19H22N2O. The molecule has 0 unspecified atom stereocenters. The molecule has 2 atom stereocenters. The van der Waals surface area contributed by atoms with E-state index in [1.165, 1.54) is 31.2 Å². The van der Waals surface area contributed by atoms with Crippen molar-refractivity contribution in [2.75, 3.05) is 13.1 Å². The predicted molar refractivity (Wildman–Crippen MR) is 89.0 cm³/mol. The predicted octanol–water partition coefficient (Wildman–Crippen LogP) is 3.20. The minimum atomic E-state index is 0.0724. The molecule has 4 rings (SSSR count). The second-order valence-electron chi connectivity index (χ2n) is 6.53. The SMILES string of the molecule is O=C(N[C@H]1CCN2CCCC[C@@H]12)c1ccc2ccccc2c1. The van der Waals surface area contributed by atoms with Gasteiger partial charge in [-0.05, 0) is 48.7 Å². The van der Waals surface area contributed by atoms with Gasteiger partial charge in [-0.15, -0.1) is 0 Å². The summed E-state index contributed by atoms with van der Waals surface area (Å²) in [5.41, 5.74) is 0.771. The van der Waals surface area contributed by atoms with Gasteiger partial charge in [0.2, 0.25) is 0 Å². The summed E-state index contributed by atoms with van der Waals surface area (Å²) >= 11 is 0. The molecule has 114 valence electrons. The maximum atomic E-state index is 12.6. The summed E-state index contributed by atoms with van der Waals surface area (Å²) in [6, 6.07) is 15.0. The van der Waals surface area contributed by atoms with Crippen LogP contribution in [0.1, 0.15) is 36.0 Å². The number of hydrogen-bond acceptors (Lipinski definition) is 2. The third-order valence-corrected chi connectivity index (χ3v) is 5.18. The van der Waals surface area contributed by atoms with E-state index in [0.29, 0.717) is 12.1 Å².